The van der Waals surface area contributed by atoms with Crippen LogP contribution in [0.4, 0.5) is 0 Å². The molecule has 0 bridgehead atoms. The summed E-state index contributed by atoms with van der Waals surface area (Å²) in [5, 5.41) is 8.60. The van der Waals surface area contributed by atoms with Gasteiger partial charge in [-0.05, 0) is 23.6 Å². The third-order valence-corrected chi connectivity index (χ3v) is 3.00. The molecule has 0 amide bonds. The van der Waals surface area contributed by atoms with Crippen molar-refractivity contribution in [1.29, 1.82) is 0 Å². The molecule has 0 unspecified atom stereocenters. The van der Waals surface area contributed by atoms with Crippen LogP contribution >= 0.6 is 0 Å². The zero-order chi connectivity index (χ0) is 14.2. The number of carbonyl (C=O) groups is 1. The predicted molar refractivity (Wildman–Crippen MR) is 78.1 cm³/mol. The summed E-state index contributed by atoms with van der Waals surface area (Å²) >= 11 is 0. The van der Waals surface area contributed by atoms with Gasteiger partial charge in [-0.2, -0.15) is 0 Å². The quantitative estimate of drug-likeness (QED) is 0.783. The van der Waals surface area contributed by atoms with Gasteiger partial charge < -0.3 is 9.84 Å². The Bertz CT molecular complexity index is 549. The molecule has 0 saturated heterocycles. The largest absolute Gasteiger partial charge is 0.493 e. The molecule has 0 aliphatic rings. The predicted octanol–water partition coefficient (Wildman–Crippen LogP) is 3.52. The molecule has 20 heavy (non-hydrogen) atoms. The second kappa shape index (κ2) is 7.34. The Morgan fingerprint density at radius 3 is 2.45 bits per heavy atom. The first-order valence-electron chi connectivity index (χ1n) is 6.72. The topological polar surface area (TPSA) is 46.5 Å². The van der Waals surface area contributed by atoms with E-state index in [4.69, 9.17) is 9.84 Å². The molecule has 104 valence electrons. The van der Waals surface area contributed by atoms with Gasteiger partial charge in [0.15, 0.2) is 0 Å². The van der Waals surface area contributed by atoms with Crippen LogP contribution in [0.2, 0.25) is 0 Å². The molecule has 0 spiro atoms. The maximum Gasteiger partial charge on any atom is 0.303 e. The van der Waals surface area contributed by atoms with Gasteiger partial charge in [0.2, 0.25) is 0 Å². The van der Waals surface area contributed by atoms with E-state index in [1.807, 2.05) is 42.5 Å². The van der Waals surface area contributed by atoms with Crippen LogP contribution in [-0.2, 0) is 11.2 Å². The fourth-order valence-corrected chi connectivity index (χ4v) is 2.01. The Hall–Kier alpha value is -2.29. The molecule has 2 rings (SSSR count). The molecule has 2 aromatic rings. The molecular formula is C17H18O3. The molecule has 0 atom stereocenters. The lowest BCUT2D eigenvalue weighted by atomic mass is 10.0. The van der Waals surface area contributed by atoms with Crippen LogP contribution in [0.3, 0.4) is 0 Å². The molecule has 0 aromatic heterocycles. The summed E-state index contributed by atoms with van der Waals surface area (Å²) in [6, 6.07) is 18.1. The lowest BCUT2D eigenvalue weighted by Gasteiger charge is -2.11. The first-order valence-corrected chi connectivity index (χ1v) is 6.72. The van der Waals surface area contributed by atoms with Gasteiger partial charge in [-0.25, -0.2) is 0 Å². The van der Waals surface area contributed by atoms with Gasteiger partial charge in [0.25, 0.3) is 0 Å². The smallest absolute Gasteiger partial charge is 0.303 e. The van der Waals surface area contributed by atoms with Crippen molar-refractivity contribution in [2.24, 2.45) is 0 Å². The van der Waals surface area contributed by atoms with Crippen LogP contribution in [0.5, 0.6) is 5.75 Å². The Kier molecular flexibility index (Phi) is 5.18. The van der Waals surface area contributed by atoms with Crippen molar-refractivity contribution in [3.8, 4) is 5.75 Å². The number of hydrogen-bond acceptors (Lipinski definition) is 2. The number of benzene rings is 2. The van der Waals surface area contributed by atoms with E-state index in [9.17, 15) is 4.79 Å². The molecule has 0 heterocycles. The number of para-hydroxylation sites is 1. The van der Waals surface area contributed by atoms with E-state index in [1.165, 1.54) is 5.56 Å². The minimum atomic E-state index is -0.786. The Balaban J connectivity index is 1.97. The van der Waals surface area contributed by atoms with Gasteiger partial charge in [-0.15, -0.1) is 0 Å². The molecule has 0 radical (unpaired) electrons. The van der Waals surface area contributed by atoms with Crippen LogP contribution in [0, 0.1) is 0 Å². The highest BCUT2D eigenvalue weighted by molar-refractivity contribution is 5.66. The van der Waals surface area contributed by atoms with Crippen molar-refractivity contribution in [3.63, 3.8) is 0 Å². The average Bonchev–Trinajstić information content (AvgIpc) is 2.46. The van der Waals surface area contributed by atoms with Gasteiger partial charge in [0, 0.05) is 12.8 Å². The summed E-state index contributed by atoms with van der Waals surface area (Å²) in [6.45, 7) is 0.429. The van der Waals surface area contributed by atoms with E-state index < -0.39 is 5.97 Å². The Morgan fingerprint density at radius 1 is 1.00 bits per heavy atom. The van der Waals surface area contributed by atoms with Crippen LogP contribution < -0.4 is 4.74 Å². The summed E-state index contributed by atoms with van der Waals surface area (Å²) in [5.74, 6) is 0.0490. The molecule has 0 saturated carbocycles. The maximum atomic E-state index is 10.5. The van der Waals surface area contributed by atoms with Crippen molar-refractivity contribution >= 4 is 5.97 Å². The van der Waals surface area contributed by atoms with Crippen molar-refractivity contribution in [3.05, 3.63) is 65.7 Å². The molecule has 3 nitrogen and oxygen atoms in total. The van der Waals surface area contributed by atoms with Crippen LogP contribution in [-0.4, -0.2) is 17.7 Å². The third kappa shape index (κ3) is 4.43. The summed E-state index contributed by atoms with van der Waals surface area (Å²) in [4.78, 5) is 10.5. The molecule has 2 aromatic carbocycles. The van der Waals surface area contributed by atoms with E-state index in [0.717, 1.165) is 17.7 Å². The van der Waals surface area contributed by atoms with Crippen molar-refractivity contribution in [2.75, 3.05) is 6.61 Å². The summed E-state index contributed by atoms with van der Waals surface area (Å²) in [6.07, 6.45) is 1.48. The third-order valence-electron chi connectivity index (χ3n) is 3.00. The first kappa shape index (κ1) is 14.1. The standard InChI is InChI=1S/C17H18O3/c18-17(19)11-6-12-20-16-10-5-4-9-15(16)13-14-7-2-1-3-8-14/h1-5,7-10H,6,11-13H2,(H,18,19). The minimum Gasteiger partial charge on any atom is -0.493 e. The van der Waals surface area contributed by atoms with E-state index in [1.54, 1.807) is 0 Å². The second-order valence-electron chi connectivity index (χ2n) is 4.62. The molecule has 1 N–H and O–H groups in total. The molecule has 0 aliphatic heterocycles. The summed E-state index contributed by atoms with van der Waals surface area (Å²) in [7, 11) is 0. The number of hydrogen-bond donors (Lipinski definition) is 1. The van der Waals surface area contributed by atoms with Gasteiger partial charge >= 0.3 is 5.97 Å². The van der Waals surface area contributed by atoms with E-state index in [2.05, 4.69) is 12.1 Å². The van der Waals surface area contributed by atoms with E-state index in [-0.39, 0.29) is 6.42 Å². The Morgan fingerprint density at radius 2 is 1.70 bits per heavy atom. The zero-order valence-electron chi connectivity index (χ0n) is 11.3. The molecule has 3 heteroatoms. The SMILES string of the molecule is O=C(O)CCCOc1ccccc1Cc1ccccc1. The maximum absolute atomic E-state index is 10.5. The number of aliphatic carboxylic acids is 1. The van der Waals surface area contributed by atoms with Gasteiger partial charge in [-0.3, -0.25) is 4.79 Å². The molecule has 0 fully saturated rings. The van der Waals surface area contributed by atoms with Crippen molar-refractivity contribution < 1.29 is 14.6 Å². The number of ether oxygens (including phenoxy) is 1. The monoisotopic (exact) mass is 270 g/mol. The second-order valence-corrected chi connectivity index (χ2v) is 4.62. The normalized spacial score (nSPS) is 10.2. The minimum absolute atomic E-state index is 0.140. The number of carboxylic acids is 1. The van der Waals surface area contributed by atoms with Gasteiger partial charge in [-0.1, -0.05) is 48.5 Å². The summed E-state index contributed by atoms with van der Waals surface area (Å²) in [5.41, 5.74) is 2.35. The van der Waals surface area contributed by atoms with E-state index >= 15 is 0 Å². The van der Waals surface area contributed by atoms with E-state index in [0.29, 0.717) is 13.0 Å². The first-order chi connectivity index (χ1) is 9.75. The fraction of sp³-hybridized carbons (Fsp3) is 0.235. The van der Waals surface area contributed by atoms with Gasteiger partial charge in [0.1, 0.15) is 5.75 Å². The molecular weight excluding hydrogens is 252 g/mol. The van der Waals surface area contributed by atoms with Crippen LogP contribution in [0.1, 0.15) is 24.0 Å². The average molecular weight is 270 g/mol. The number of rotatable bonds is 7. The lowest BCUT2D eigenvalue weighted by Crippen LogP contribution is -2.03. The van der Waals surface area contributed by atoms with Crippen molar-refractivity contribution in [2.45, 2.75) is 19.3 Å². The lowest BCUT2D eigenvalue weighted by molar-refractivity contribution is -0.137. The van der Waals surface area contributed by atoms with Crippen molar-refractivity contribution in [1.82, 2.24) is 0 Å². The van der Waals surface area contributed by atoms with Crippen LogP contribution in [0.25, 0.3) is 0 Å². The zero-order valence-corrected chi connectivity index (χ0v) is 11.3. The summed E-state index contributed by atoms with van der Waals surface area (Å²) < 4.78 is 5.70. The molecule has 0 aliphatic carbocycles. The van der Waals surface area contributed by atoms with Gasteiger partial charge in [0.05, 0.1) is 6.61 Å². The highest BCUT2D eigenvalue weighted by Gasteiger charge is 2.04. The Labute approximate surface area is 118 Å². The fourth-order valence-electron chi connectivity index (χ4n) is 2.01. The highest BCUT2D eigenvalue weighted by Crippen LogP contribution is 2.21. The van der Waals surface area contributed by atoms with Crippen LogP contribution in [0.15, 0.2) is 54.6 Å². The number of carboxylic acid groups (broad SMARTS) is 1. The highest BCUT2D eigenvalue weighted by atomic mass is 16.5.